The summed E-state index contributed by atoms with van der Waals surface area (Å²) in [5, 5.41) is 10.2. The molecule has 0 atom stereocenters. The van der Waals surface area contributed by atoms with Crippen LogP contribution in [0.2, 0.25) is 0 Å². The van der Waals surface area contributed by atoms with Crippen LogP contribution in [-0.4, -0.2) is 141 Å². The molecule has 3 fully saturated rings. The second kappa shape index (κ2) is 18.5. The molecule has 1 aromatic carbocycles. The normalized spacial score (nSPS) is 16.9. The maximum absolute atomic E-state index is 13.5. The average molecular weight is 846 g/mol. The molecule has 2 aromatic heterocycles. The van der Waals surface area contributed by atoms with Crippen molar-refractivity contribution in [3.63, 3.8) is 0 Å². The number of rotatable bonds is 5. The second-order valence-corrected chi connectivity index (χ2v) is 14.4. The lowest BCUT2D eigenvalue weighted by molar-refractivity contribution is -0.192. The SMILES string of the molecule is CS(=O)(=O)c1ccc(N2CCOCC2)c(C(=O)N2CCN(c3cc(C(F)(F)F)ncn3)CC2)c1.FC(F)(F)c1cc(N2CCNCC2)ncn1.O=C(O)C(F)(F)F. The van der Waals surface area contributed by atoms with Crippen LogP contribution in [0.1, 0.15) is 21.7 Å². The molecule has 0 bridgehead atoms. The lowest BCUT2D eigenvalue weighted by Gasteiger charge is -2.37. The number of morpholine rings is 1. The van der Waals surface area contributed by atoms with E-state index in [0.29, 0.717) is 50.9 Å². The number of hydrogen-bond donors (Lipinski definition) is 2. The molecule has 6 rings (SSSR count). The number of carboxylic acid groups (broad SMARTS) is 1. The summed E-state index contributed by atoms with van der Waals surface area (Å²) in [6.45, 7) is 6.02. The van der Waals surface area contributed by atoms with Gasteiger partial charge in [-0.3, -0.25) is 4.79 Å². The maximum Gasteiger partial charge on any atom is 0.490 e. The Kier molecular flexibility index (Phi) is 14.5. The number of carboxylic acids is 1. The quantitative estimate of drug-likeness (QED) is 0.359. The molecule has 0 unspecified atom stereocenters. The molecule has 15 nitrogen and oxygen atoms in total. The van der Waals surface area contributed by atoms with E-state index in [0.717, 1.165) is 44.1 Å². The fourth-order valence-corrected chi connectivity index (χ4v) is 6.20. The molecule has 25 heteroatoms. The Balaban J connectivity index is 0.000000257. The Bertz CT molecular complexity index is 1950. The minimum Gasteiger partial charge on any atom is -0.475 e. The Labute approximate surface area is 319 Å². The molecule has 314 valence electrons. The number of carbonyl (C=O) groups excluding carboxylic acids is 1. The molecule has 3 aromatic rings. The van der Waals surface area contributed by atoms with Crippen molar-refractivity contribution >= 4 is 39.0 Å². The summed E-state index contributed by atoms with van der Waals surface area (Å²) >= 11 is 0. The van der Waals surface area contributed by atoms with Crippen molar-refractivity contribution in [2.45, 2.75) is 23.4 Å². The Morgan fingerprint density at radius 1 is 0.702 bits per heavy atom. The third-order valence-corrected chi connectivity index (χ3v) is 9.55. The summed E-state index contributed by atoms with van der Waals surface area (Å²) in [7, 11) is -3.53. The third-order valence-electron chi connectivity index (χ3n) is 8.44. The summed E-state index contributed by atoms with van der Waals surface area (Å²) in [6, 6.07) is 6.41. The predicted molar refractivity (Wildman–Crippen MR) is 184 cm³/mol. The first kappa shape index (κ1) is 44.7. The van der Waals surface area contributed by atoms with E-state index in [1.807, 2.05) is 9.80 Å². The topological polar surface area (TPSA) is 174 Å². The molecule has 57 heavy (non-hydrogen) atoms. The number of amides is 1. The van der Waals surface area contributed by atoms with E-state index in [4.69, 9.17) is 14.6 Å². The number of nitrogens with one attached hydrogen (secondary N) is 1. The van der Waals surface area contributed by atoms with E-state index in [9.17, 15) is 52.7 Å². The van der Waals surface area contributed by atoms with Gasteiger partial charge in [-0.25, -0.2) is 33.1 Å². The summed E-state index contributed by atoms with van der Waals surface area (Å²) in [6.07, 6.45) is -11.1. The molecule has 3 aliphatic heterocycles. The highest BCUT2D eigenvalue weighted by molar-refractivity contribution is 7.90. The van der Waals surface area contributed by atoms with Crippen LogP contribution in [0.5, 0.6) is 0 Å². The van der Waals surface area contributed by atoms with Crippen LogP contribution in [-0.2, 0) is 31.7 Å². The zero-order valence-corrected chi connectivity index (χ0v) is 30.7. The number of halogens is 9. The van der Waals surface area contributed by atoms with Gasteiger partial charge in [0.25, 0.3) is 5.91 Å². The second-order valence-electron chi connectivity index (χ2n) is 12.4. The van der Waals surface area contributed by atoms with Gasteiger partial charge < -0.3 is 34.8 Å². The number of piperazine rings is 2. The molecule has 0 aliphatic carbocycles. The highest BCUT2D eigenvalue weighted by atomic mass is 32.2. The van der Waals surface area contributed by atoms with Crippen molar-refractivity contribution in [3.05, 3.63) is 59.9 Å². The van der Waals surface area contributed by atoms with Crippen LogP contribution < -0.4 is 20.0 Å². The number of aromatic nitrogens is 4. The molecular formula is C32H36F9N9O6S. The van der Waals surface area contributed by atoms with Gasteiger partial charge >= 0.3 is 24.5 Å². The monoisotopic (exact) mass is 845 g/mol. The van der Waals surface area contributed by atoms with Gasteiger partial charge in [-0.2, -0.15) is 39.5 Å². The molecule has 5 heterocycles. The zero-order valence-electron chi connectivity index (χ0n) is 29.9. The van der Waals surface area contributed by atoms with Gasteiger partial charge in [-0.05, 0) is 18.2 Å². The molecule has 0 spiro atoms. The fourth-order valence-electron chi connectivity index (χ4n) is 5.55. The molecule has 0 radical (unpaired) electrons. The number of anilines is 3. The van der Waals surface area contributed by atoms with Crippen LogP contribution in [0.25, 0.3) is 0 Å². The highest BCUT2D eigenvalue weighted by Gasteiger charge is 2.38. The standard InChI is InChI=1S/C21H24F3N5O4S.C9H11F3N4.C2HF3O2/c1-34(31,32)15-2-3-17(27-8-10-33-11-9-27)16(12-15)20(30)29-6-4-28(5-7-29)19-13-18(21(22,23)24)25-14-26-19;10-9(11,12)7-5-8(15-6-14-7)16-3-1-13-2-4-16;3-2(4,5)1(6)7/h2-3,12-14H,4-11H2,1H3;5-6,13H,1-4H2;(H,6,7). The first-order chi connectivity index (χ1) is 26.6. The predicted octanol–water partition coefficient (Wildman–Crippen LogP) is 3.24. The molecule has 3 aliphatic rings. The largest absolute Gasteiger partial charge is 0.490 e. The van der Waals surface area contributed by atoms with E-state index in [2.05, 4.69) is 25.3 Å². The number of ether oxygens (including phenoxy) is 1. The number of benzene rings is 1. The molecule has 3 saturated heterocycles. The van der Waals surface area contributed by atoms with E-state index < -0.39 is 45.7 Å². The Morgan fingerprint density at radius 2 is 1.18 bits per heavy atom. The summed E-state index contributed by atoms with van der Waals surface area (Å²) in [5.41, 5.74) is -1.01. The Hall–Kier alpha value is -5.04. The highest BCUT2D eigenvalue weighted by Crippen LogP contribution is 2.31. The van der Waals surface area contributed by atoms with Gasteiger partial charge in [0, 0.05) is 89.5 Å². The van der Waals surface area contributed by atoms with Gasteiger partial charge in [0.2, 0.25) is 0 Å². The first-order valence-electron chi connectivity index (χ1n) is 16.8. The average Bonchev–Trinajstić information content (AvgIpc) is 3.17. The molecular weight excluding hydrogens is 809 g/mol. The number of sulfone groups is 1. The Morgan fingerprint density at radius 3 is 1.61 bits per heavy atom. The van der Waals surface area contributed by atoms with E-state index in [1.54, 1.807) is 15.9 Å². The van der Waals surface area contributed by atoms with E-state index in [-0.39, 0.29) is 48.4 Å². The van der Waals surface area contributed by atoms with Crippen LogP contribution in [0, 0.1) is 0 Å². The maximum atomic E-state index is 13.5. The minimum atomic E-state index is -5.08. The van der Waals surface area contributed by atoms with Gasteiger partial charge in [0.15, 0.2) is 9.84 Å². The number of nitrogens with zero attached hydrogens (tertiary/aromatic N) is 8. The molecule has 2 N–H and O–H groups in total. The van der Waals surface area contributed by atoms with E-state index >= 15 is 0 Å². The minimum absolute atomic E-state index is 0.0483. The van der Waals surface area contributed by atoms with Crippen molar-refractivity contribution in [3.8, 4) is 0 Å². The van der Waals surface area contributed by atoms with Gasteiger partial charge in [0.05, 0.1) is 23.7 Å². The number of hydrogen-bond acceptors (Lipinski definition) is 13. The number of carbonyl (C=O) groups is 2. The van der Waals surface area contributed by atoms with Crippen molar-refractivity contribution < 1.29 is 67.4 Å². The van der Waals surface area contributed by atoms with Crippen molar-refractivity contribution in [2.75, 3.05) is 99.6 Å². The smallest absolute Gasteiger partial charge is 0.475 e. The fraction of sp³-hybridized carbons (Fsp3) is 0.500. The number of aliphatic carboxylic acids is 1. The summed E-state index contributed by atoms with van der Waals surface area (Å²) in [4.78, 5) is 43.7. The van der Waals surface area contributed by atoms with Crippen molar-refractivity contribution in [1.29, 1.82) is 0 Å². The van der Waals surface area contributed by atoms with Gasteiger partial charge in [-0.15, -0.1) is 0 Å². The van der Waals surface area contributed by atoms with Gasteiger partial charge in [-0.1, -0.05) is 0 Å². The van der Waals surface area contributed by atoms with Gasteiger partial charge in [0.1, 0.15) is 35.7 Å². The molecule has 1 amide bonds. The van der Waals surface area contributed by atoms with Crippen LogP contribution in [0.3, 0.4) is 0 Å². The molecule has 0 saturated carbocycles. The summed E-state index contributed by atoms with van der Waals surface area (Å²) in [5.74, 6) is -2.61. The van der Waals surface area contributed by atoms with Crippen molar-refractivity contribution in [1.82, 2.24) is 30.2 Å². The number of alkyl halides is 9. The van der Waals surface area contributed by atoms with E-state index in [1.165, 1.54) is 12.1 Å². The lowest BCUT2D eigenvalue weighted by Crippen LogP contribution is -2.49. The summed E-state index contributed by atoms with van der Waals surface area (Å²) < 4.78 is 138. The third kappa shape index (κ3) is 12.7. The first-order valence-corrected chi connectivity index (χ1v) is 18.7. The van der Waals surface area contributed by atoms with Crippen LogP contribution in [0.15, 0.2) is 47.9 Å². The van der Waals surface area contributed by atoms with Crippen molar-refractivity contribution in [2.24, 2.45) is 0 Å². The zero-order chi connectivity index (χ0) is 42.2. The van der Waals surface area contributed by atoms with Crippen LogP contribution >= 0.6 is 0 Å². The lowest BCUT2D eigenvalue weighted by atomic mass is 10.1. The van der Waals surface area contributed by atoms with Crippen LogP contribution in [0.4, 0.5) is 56.8 Å².